The Bertz CT molecular complexity index is 444. The predicted molar refractivity (Wildman–Crippen MR) is 72.0 cm³/mol. The molecule has 5 nitrogen and oxygen atoms in total. The van der Waals surface area contributed by atoms with Gasteiger partial charge in [0, 0.05) is 26.6 Å². The van der Waals surface area contributed by atoms with Gasteiger partial charge in [-0.1, -0.05) is 0 Å². The third kappa shape index (κ3) is 3.21. The molecule has 2 aliphatic rings. The van der Waals surface area contributed by atoms with Crippen LogP contribution in [-0.2, 0) is 14.3 Å². The van der Waals surface area contributed by atoms with Gasteiger partial charge in [0.05, 0.1) is 0 Å². The largest absolute Gasteiger partial charge is 0.408 e. The van der Waals surface area contributed by atoms with E-state index in [9.17, 15) is 22.8 Å². The van der Waals surface area contributed by atoms with E-state index in [-0.39, 0.29) is 25.3 Å². The van der Waals surface area contributed by atoms with Gasteiger partial charge < -0.3 is 15.0 Å². The van der Waals surface area contributed by atoms with Gasteiger partial charge in [0.25, 0.3) is 5.91 Å². The lowest BCUT2D eigenvalue weighted by Crippen LogP contribution is -2.61. The average molecular weight is 322 g/mol. The lowest BCUT2D eigenvalue weighted by molar-refractivity contribution is -0.197. The van der Waals surface area contributed by atoms with Crippen LogP contribution in [0.15, 0.2) is 0 Å². The summed E-state index contributed by atoms with van der Waals surface area (Å²) in [6.45, 7) is 0.997. The standard InChI is InChI=1S/C14H21F3N2O3/c1-9(20)19-8-10(4-5-11(19)14(15,16)17)18-12(21)13(22-2)6-3-7-13/h10-11H,3-8H2,1-2H3,(H,18,21). The van der Waals surface area contributed by atoms with Crippen molar-refractivity contribution in [2.75, 3.05) is 13.7 Å². The van der Waals surface area contributed by atoms with Crippen molar-refractivity contribution in [2.45, 2.75) is 62.9 Å². The van der Waals surface area contributed by atoms with Crippen molar-refractivity contribution < 1.29 is 27.5 Å². The first-order valence-corrected chi connectivity index (χ1v) is 7.39. The fourth-order valence-corrected chi connectivity index (χ4v) is 3.12. The Morgan fingerprint density at radius 3 is 2.32 bits per heavy atom. The van der Waals surface area contributed by atoms with Crippen LogP contribution < -0.4 is 5.32 Å². The fraction of sp³-hybridized carbons (Fsp3) is 0.857. The molecule has 1 aliphatic carbocycles. The quantitative estimate of drug-likeness (QED) is 0.859. The Kier molecular flexibility index (Phi) is 4.70. The summed E-state index contributed by atoms with van der Waals surface area (Å²) in [7, 11) is 1.46. The highest BCUT2D eigenvalue weighted by Crippen LogP contribution is 2.36. The molecule has 22 heavy (non-hydrogen) atoms. The molecular formula is C14H21F3N2O3. The molecule has 0 bridgehead atoms. The van der Waals surface area contributed by atoms with Gasteiger partial charge in [-0.15, -0.1) is 0 Å². The maximum Gasteiger partial charge on any atom is 0.408 e. The first-order valence-electron chi connectivity index (χ1n) is 7.39. The number of nitrogens with zero attached hydrogens (tertiary/aromatic N) is 1. The average Bonchev–Trinajstić information content (AvgIpc) is 2.36. The molecule has 2 unspecified atom stereocenters. The lowest BCUT2D eigenvalue weighted by atomic mass is 9.79. The van der Waals surface area contributed by atoms with Gasteiger partial charge in [-0.25, -0.2) is 0 Å². The van der Waals surface area contributed by atoms with Gasteiger partial charge in [0.1, 0.15) is 11.6 Å². The molecular weight excluding hydrogens is 301 g/mol. The second-order valence-electron chi connectivity index (χ2n) is 6.03. The minimum Gasteiger partial charge on any atom is -0.368 e. The zero-order valence-corrected chi connectivity index (χ0v) is 12.7. The first-order chi connectivity index (χ1) is 10.2. The van der Waals surface area contributed by atoms with Gasteiger partial charge in [0.2, 0.25) is 5.91 Å². The van der Waals surface area contributed by atoms with E-state index in [2.05, 4.69) is 5.32 Å². The number of carbonyl (C=O) groups excluding carboxylic acids is 2. The SMILES string of the molecule is COC1(C(=O)NC2CCC(C(F)(F)F)N(C(C)=O)C2)CCC1. The number of carbonyl (C=O) groups is 2. The van der Waals surface area contributed by atoms with Crippen molar-refractivity contribution in [2.24, 2.45) is 0 Å². The molecule has 2 amide bonds. The molecule has 0 spiro atoms. The van der Waals surface area contributed by atoms with Crippen LogP contribution in [0.4, 0.5) is 13.2 Å². The highest BCUT2D eigenvalue weighted by atomic mass is 19.4. The molecule has 1 saturated heterocycles. The lowest BCUT2D eigenvalue weighted by Gasteiger charge is -2.43. The number of methoxy groups -OCH3 is 1. The molecule has 8 heteroatoms. The molecule has 1 aliphatic heterocycles. The summed E-state index contributed by atoms with van der Waals surface area (Å²) >= 11 is 0. The molecule has 1 saturated carbocycles. The van der Waals surface area contributed by atoms with E-state index >= 15 is 0 Å². The van der Waals surface area contributed by atoms with Gasteiger partial charge in [-0.2, -0.15) is 13.2 Å². The van der Waals surface area contributed by atoms with Crippen LogP contribution in [0.3, 0.4) is 0 Å². The summed E-state index contributed by atoms with van der Waals surface area (Å²) in [5.74, 6) is -0.924. The number of halogens is 3. The molecule has 0 aromatic carbocycles. The van der Waals surface area contributed by atoms with Crippen molar-refractivity contribution in [3.8, 4) is 0 Å². The Balaban J connectivity index is 2.00. The Labute approximate surface area is 127 Å². The predicted octanol–water partition coefficient (Wildman–Crippen LogP) is 1.61. The maximum absolute atomic E-state index is 12.9. The summed E-state index contributed by atoms with van der Waals surface area (Å²) in [5.41, 5.74) is -0.845. The highest BCUT2D eigenvalue weighted by Gasteiger charge is 2.49. The Morgan fingerprint density at radius 2 is 1.91 bits per heavy atom. The van der Waals surface area contributed by atoms with Crippen molar-refractivity contribution in [1.82, 2.24) is 10.2 Å². The number of likely N-dealkylation sites (tertiary alicyclic amines) is 1. The molecule has 126 valence electrons. The number of piperidine rings is 1. The van der Waals surface area contributed by atoms with Crippen molar-refractivity contribution in [1.29, 1.82) is 0 Å². The van der Waals surface area contributed by atoms with E-state index in [1.54, 1.807) is 0 Å². The smallest absolute Gasteiger partial charge is 0.368 e. The van der Waals surface area contributed by atoms with Gasteiger partial charge >= 0.3 is 6.18 Å². The molecule has 1 heterocycles. The minimum absolute atomic E-state index is 0.120. The number of hydrogen-bond donors (Lipinski definition) is 1. The van der Waals surface area contributed by atoms with E-state index in [4.69, 9.17) is 4.74 Å². The van der Waals surface area contributed by atoms with Crippen LogP contribution >= 0.6 is 0 Å². The topological polar surface area (TPSA) is 58.6 Å². The number of ether oxygens (including phenoxy) is 1. The van der Waals surface area contributed by atoms with Crippen LogP contribution in [0.1, 0.15) is 39.0 Å². The minimum atomic E-state index is -4.44. The van der Waals surface area contributed by atoms with Crippen LogP contribution in [-0.4, -0.2) is 54.2 Å². The number of nitrogens with one attached hydrogen (secondary N) is 1. The second kappa shape index (κ2) is 6.06. The summed E-state index contributed by atoms with van der Waals surface area (Å²) in [6.07, 6.45) is -2.33. The second-order valence-corrected chi connectivity index (χ2v) is 6.03. The fourth-order valence-electron chi connectivity index (χ4n) is 3.12. The van der Waals surface area contributed by atoms with Gasteiger partial charge in [-0.3, -0.25) is 9.59 Å². The van der Waals surface area contributed by atoms with Gasteiger partial charge in [-0.05, 0) is 32.1 Å². The van der Waals surface area contributed by atoms with Gasteiger partial charge in [0.15, 0.2) is 0 Å². The zero-order chi connectivity index (χ0) is 16.5. The monoisotopic (exact) mass is 322 g/mol. The van der Waals surface area contributed by atoms with E-state index in [0.29, 0.717) is 12.8 Å². The Morgan fingerprint density at radius 1 is 1.27 bits per heavy atom. The molecule has 0 aromatic rings. The summed E-state index contributed by atoms with van der Waals surface area (Å²) in [6, 6.07) is -2.24. The normalized spacial score (nSPS) is 28.0. The van der Waals surface area contributed by atoms with E-state index in [1.165, 1.54) is 7.11 Å². The maximum atomic E-state index is 12.9. The zero-order valence-electron chi connectivity index (χ0n) is 12.7. The molecule has 0 aromatic heterocycles. The molecule has 2 fully saturated rings. The number of rotatable bonds is 3. The Hall–Kier alpha value is -1.31. The molecule has 2 atom stereocenters. The molecule has 1 N–H and O–H groups in total. The van der Waals surface area contributed by atoms with Crippen molar-refractivity contribution >= 4 is 11.8 Å². The van der Waals surface area contributed by atoms with E-state index in [1.807, 2.05) is 0 Å². The first kappa shape index (κ1) is 17.1. The van der Waals surface area contributed by atoms with Crippen LogP contribution in [0.25, 0.3) is 0 Å². The van der Waals surface area contributed by atoms with Crippen LogP contribution in [0.2, 0.25) is 0 Å². The number of alkyl halides is 3. The van der Waals surface area contributed by atoms with Crippen molar-refractivity contribution in [3.05, 3.63) is 0 Å². The molecule has 0 radical (unpaired) electrons. The van der Waals surface area contributed by atoms with E-state index in [0.717, 1.165) is 18.2 Å². The van der Waals surface area contributed by atoms with Crippen LogP contribution in [0.5, 0.6) is 0 Å². The number of hydrogen-bond acceptors (Lipinski definition) is 3. The third-order valence-electron chi connectivity index (χ3n) is 4.67. The van der Waals surface area contributed by atoms with Crippen LogP contribution in [0, 0.1) is 0 Å². The highest BCUT2D eigenvalue weighted by molar-refractivity contribution is 5.86. The van der Waals surface area contributed by atoms with Crippen molar-refractivity contribution in [3.63, 3.8) is 0 Å². The summed E-state index contributed by atoms with van der Waals surface area (Å²) in [4.78, 5) is 24.5. The summed E-state index contributed by atoms with van der Waals surface area (Å²) < 4.78 is 44.1. The van der Waals surface area contributed by atoms with E-state index < -0.39 is 29.8 Å². The summed E-state index contributed by atoms with van der Waals surface area (Å²) in [5, 5.41) is 2.74. The number of amides is 2. The third-order valence-corrected chi connectivity index (χ3v) is 4.67. The molecule has 2 rings (SSSR count).